The Balaban J connectivity index is 2.06. The van der Waals surface area contributed by atoms with Gasteiger partial charge in [0.1, 0.15) is 11.4 Å². The van der Waals surface area contributed by atoms with Gasteiger partial charge in [0.05, 0.1) is 4.47 Å². The van der Waals surface area contributed by atoms with Crippen molar-refractivity contribution >= 4 is 22.0 Å². The average Bonchev–Trinajstić information content (AvgIpc) is 2.50. The fourth-order valence-electron chi connectivity index (χ4n) is 2.68. The Hall–Kier alpha value is -1.14. The lowest BCUT2D eigenvalue weighted by atomic mass is 10.1. The summed E-state index contributed by atoms with van der Waals surface area (Å²) in [6, 6.07) is 5.16. The van der Waals surface area contributed by atoms with Crippen molar-refractivity contribution in [3.05, 3.63) is 34.1 Å². The number of benzene rings is 1. The van der Waals surface area contributed by atoms with E-state index in [1.165, 1.54) is 6.07 Å². The summed E-state index contributed by atoms with van der Waals surface area (Å²) in [6.07, 6.45) is 1.87. The lowest BCUT2D eigenvalue weighted by Gasteiger charge is -2.35. The zero-order chi connectivity index (χ0) is 17.7. The fraction of sp³-hybridized carbons (Fsp3) is 0.611. The number of amides is 1. The first-order chi connectivity index (χ1) is 11.3. The van der Waals surface area contributed by atoms with E-state index < -0.39 is 5.60 Å². The van der Waals surface area contributed by atoms with Gasteiger partial charge in [0, 0.05) is 25.8 Å². The minimum absolute atomic E-state index is 0.105. The van der Waals surface area contributed by atoms with Crippen molar-refractivity contribution in [2.75, 3.05) is 19.8 Å². The number of carbonyl (C=O) groups excluding carboxylic acids is 1. The minimum atomic E-state index is -0.537. The normalized spacial score (nSPS) is 16.0. The number of nitrogens with zero attached hydrogens (tertiary/aromatic N) is 1. The van der Waals surface area contributed by atoms with Crippen molar-refractivity contribution in [3.63, 3.8) is 0 Å². The van der Waals surface area contributed by atoms with Crippen molar-refractivity contribution in [1.29, 1.82) is 0 Å². The number of rotatable bonds is 4. The van der Waals surface area contributed by atoms with Crippen LogP contribution in [0.2, 0.25) is 0 Å². The molecule has 1 saturated heterocycles. The Labute approximate surface area is 151 Å². The van der Waals surface area contributed by atoms with Gasteiger partial charge in [0.2, 0.25) is 0 Å². The van der Waals surface area contributed by atoms with Crippen LogP contribution < -0.4 is 0 Å². The Morgan fingerprint density at radius 3 is 2.62 bits per heavy atom. The molecular formula is C18H25BrFNO3. The SMILES string of the molecule is CC(C)(C)OC(=O)N(CCc1ccc(Br)c(F)c1)C1CCOCC1. The average molecular weight is 402 g/mol. The van der Waals surface area contributed by atoms with Crippen molar-refractivity contribution < 1.29 is 18.7 Å². The molecule has 1 aromatic carbocycles. The molecule has 2 rings (SSSR count). The summed E-state index contributed by atoms with van der Waals surface area (Å²) in [4.78, 5) is 14.4. The van der Waals surface area contributed by atoms with Gasteiger partial charge >= 0.3 is 6.09 Å². The van der Waals surface area contributed by atoms with E-state index in [0.717, 1.165) is 18.4 Å². The van der Waals surface area contributed by atoms with E-state index in [9.17, 15) is 9.18 Å². The van der Waals surface area contributed by atoms with Gasteiger partial charge in [-0.15, -0.1) is 0 Å². The molecule has 0 aliphatic carbocycles. The number of carbonyl (C=O) groups is 1. The molecule has 1 heterocycles. The summed E-state index contributed by atoms with van der Waals surface area (Å²) in [5.41, 5.74) is 0.320. The molecule has 1 amide bonds. The van der Waals surface area contributed by atoms with Crippen LogP contribution in [0.25, 0.3) is 0 Å². The van der Waals surface area contributed by atoms with Gasteiger partial charge in [-0.05, 0) is 73.7 Å². The molecule has 134 valence electrons. The van der Waals surface area contributed by atoms with E-state index in [4.69, 9.17) is 9.47 Å². The highest BCUT2D eigenvalue weighted by molar-refractivity contribution is 9.10. The molecule has 0 atom stereocenters. The first kappa shape index (κ1) is 19.2. The topological polar surface area (TPSA) is 38.8 Å². The van der Waals surface area contributed by atoms with E-state index in [1.807, 2.05) is 26.8 Å². The Morgan fingerprint density at radius 1 is 1.38 bits per heavy atom. The third-order valence-electron chi connectivity index (χ3n) is 3.88. The van der Waals surface area contributed by atoms with Crippen molar-refractivity contribution in [2.24, 2.45) is 0 Å². The molecule has 0 saturated carbocycles. The predicted molar refractivity (Wildman–Crippen MR) is 94.6 cm³/mol. The van der Waals surface area contributed by atoms with E-state index in [1.54, 1.807) is 11.0 Å². The van der Waals surface area contributed by atoms with Gasteiger partial charge in [0.25, 0.3) is 0 Å². The van der Waals surface area contributed by atoms with Gasteiger partial charge in [-0.25, -0.2) is 9.18 Å². The van der Waals surface area contributed by atoms with Crippen LogP contribution in [0.4, 0.5) is 9.18 Å². The maximum atomic E-state index is 13.7. The second-order valence-electron chi connectivity index (χ2n) is 7.02. The molecule has 6 heteroatoms. The first-order valence-corrected chi connectivity index (χ1v) is 9.07. The monoisotopic (exact) mass is 401 g/mol. The van der Waals surface area contributed by atoms with Crippen LogP contribution >= 0.6 is 15.9 Å². The summed E-state index contributed by atoms with van der Waals surface area (Å²) < 4.78 is 25.1. The molecule has 0 aromatic heterocycles. The minimum Gasteiger partial charge on any atom is -0.444 e. The van der Waals surface area contributed by atoms with Gasteiger partial charge in [0.15, 0.2) is 0 Å². The summed E-state index contributed by atoms with van der Waals surface area (Å²) in [5, 5.41) is 0. The first-order valence-electron chi connectivity index (χ1n) is 8.27. The predicted octanol–water partition coefficient (Wildman–Crippen LogP) is 4.55. The molecule has 24 heavy (non-hydrogen) atoms. The number of halogens is 2. The van der Waals surface area contributed by atoms with Gasteiger partial charge < -0.3 is 14.4 Å². The molecular weight excluding hydrogens is 377 g/mol. The number of ether oxygens (including phenoxy) is 2. The van der Waals surface area contributed by atoms with Gasteiger partial charge in [-0.3, -0.25) is 0 Å². The maximum Gasteiger partial charge on any atom is 0.410 e. The smallest absolute Gasteiger partial charge is 0.410 e. The van der Waals surface area contributed by atoms with Crippen LogP contribution in [0.1, 0.15) is 39.2 Å². The third kappa shape index (κ3) is 5.74. The van der Waals surface area contributed by atoms with E-state index in [-0.39, 0.29) is 18.0 Å². The molecule has 4 nitrogen and oxygen atoms in total. The fourth-order valence-corrected chi connectivity index (χ4v) is 2.93. The second kappa shape index (κ2) is 8.30. The van der Waals surface area contributed by atoms with Crippen LogP contribution in [0, 0.1) is 5.82 Å². The van der Waals surface area contributed by atoms with E-state index >= 15 is 0 Å². The zero-order valence-electron chi connectivity index (χ0n) is 14.5. The standard InChI is InChI=1S/C18H25BrFNO3/c1-18(2,3)24-17(22)21(14-7-10-23-11-8-14)9-6-13-4-5-15(19)16(20)12-13/h4-5,12,14H,6-11H2,1-3H3. The van der Waals surface area contributed by atoms with Crippen LogP contribution in [-0.2, 0) is 15.9 Å². The molecule has 0 radical (unpaired) electrons. The Bertz CT molecular complexity index is 568. The molecule has 1 aliphatic rings. The Kier molecular flexibility index (Phi) is 6.63. The molecule has 0 N–H and O–H groups in total. The lowest BCUT2D eigenvalue weighted by molar-refractivity contribution is -0.00525. The summed E-state index contributed by atoms with van der Waals surface area (Å²) in [7, 11) is 0. The molecule has 1 aromatic rings. The van der Waals surface area contributed by atoms with Gasteiger partial charge in [-0.1, -0.05) is 6.07 Å². The van der Waals surface area contributed by atoms with Crippen molar-refractivity contribution in [3.8, 4) is 0 Å². The van der Waals surface area contributed by atoms with Crippen LogP contribution in [0.3, 0.4) is 0 Å². The van der Waals surface area contributed by atoms with Crippen LogP contribution in [-0.4, -0.2) is 42.4 Å². The molecule has 0 unspecified atom stereocenters. The highest BCUT2D eigenvalue weighted by atomic mass is 79.9. The summed E-state index contributed by atoms with van der Waals surface area (Å²) >= 11 is 3.15. The van der Waals surface area contributed by atoms with Crippen molar-refractivity contribution in [2.45, 2.75) is 51.7 Å². The zero-order valence-corrected chi connectivity index (χ0v) is 16.1. The van der Waals surface area contributed by atoms with E-state index in [2.05, 4.69) is 15.9 Å². The maximum absolute atomic E-state index is 13.7. The molecule has 1 aliphatic heterocycles. The number of hydrogen-bond acceptors (Lipinski definition) is 3. The van der Waals surface area contributed by atoms with Gasteiger partial charge in [-0.2, -0.15) is 0 Å². The largest absolute Gasteiger partial charge is 0.444 e. The summed E-state index contributed by atoms with van der Waals surface area (Å²) in [6.45, 7) is 7.37. The molecule has 0 bridgehead atoms. The van der Waals surface area contributed by atoms with Crippen LogP contribution in [0.15, 0.2) is 22.7 Å². The second-order valence-corrected chi connectivity index (χ2v) is 7.87. The van der Waals surface area contributed by atoms with Crippen molar-refractivity contribution in [1.82, 2.24) is 4.90 Å². The molecule has 0 spiro atoms. The third-order valence-corrected chi connectivity index (χ3v) is 4.53. The molecule has 1 fully saturated rings. The highest BCUT2D eigenvalue weighted by Crippen LogP contribution is 2.21. The van der Waals surface area contributed by atoms with E-state index in [0.29, 0.717) is 30.7 Å². The Morgan fingerprint density at radius 2 is 2.04 bits per heavy atom. The van der Waals surface area contributed by atoms with Crippen LogP contribution in [0.5, 0.6) is 0 Å². The quantitative estimate of drug-likeness (QED) is 0.742. The number of hydrogen-bond donors (Lipinski definition) is 0. The highest BCUT2D eigenvalue weighted by Gasteiger charge is 2.29. The summed E-state index contributed by atoms with van der Waals surface area (Å²) in [5.74, 6) is -0.289. The lowest BCUT2D eigenvalue weighted by Crippen LogP contribution is -2.46.